The van der Waals surface area contributed by atoms with Crippen LogP contribution in [0.5, 0.6) is 17.2 Å². The Morgan fingerprint density at radius 2 is 1.70 bits per heavy atom. The van der Waals surface area contributed by atoms with Crippen molar-refractivity contribution in [1.82, 2.24) is 5.43 Å². The van der Waals surface area contributed by atoms with Gasteiger partial charge < -0.3 is 14.2 Å². The fourth-order valence-electron chi connectivity index (χ4n) is 2.58. The van der Waals surface area contributed by atoms with E-state index < -0.39 is 11.9 Å². The van der Waals surface area contributed by atoms with Crippen molar-refractivity contribution < 1.29 is 23.8 Å². The minimum atomic E-state index is -0.617. The van der Waals surface area contributed by atoms with E-state index in [9.17, 15) is 9.59 Å². The van der Waals surface area contributed by atoms with Crippen LogP contribution in [0.4, 0.5) is 0 Å². The molecule has 170 valence electrons. The van der Waals surface area contributed by atoms with Crippen LogP contribution < -0.4 is 19.6 Å². The quantitative estimate of drug-likeness (QED) is 0.191. The molecule has 0 unspecified atom stereocenters. The highest BCUT2D eigenvalue weighted by Gasteiger charge is 2.15. The number of benzene rings is 3. The normalized spacial score (nSPS) is 10.7. The number of methoxy groups -OCH3 is 1. The van der Waals surface area contributed by atoms with Crippen molar-refractivity contribution in [3.8, 4) is 17.2 Å². The summed E-state index contributed by atoms with van der Waals surface area (Å²) in [6.07, 6.45) is 1.40. The molecule has 1 N–H and O–H groups in total. The molecule has 0 heterocycles. The Morgan fingerprint density at radius 1 is 0.939 bits per heavy atom. The predicted octanol–water partition coefficient (Wildman–Crippen LogP) is 5.40. The molecule has 3 aromatic rings. The molecule has 3 aromatic carbocycles. The molecule has 0 spiro atoms. The summed E-state index contributed by atoms with van der Waals surface area (Å²) in [4.78, 5) is 24.3. The van der Waals surface area contributed by atoms with Gasteiger partial charge in [0.2, 0.25) is 0 Å². The number of nitrogens with zero attached hydrogens (tertiary/aromatic N) is 1. The zero-order chi connectivity index (χ0) is 23.8. The van der Waals surface area contributed by atoms with E-state index in [0.29, 0.717) is 27.1 Å². The fourth-order valence-corrected chi connectivity index (χ4v) is 3.25. The molecule has 0 aliphatic rings. The zero-order valence-electron chi connectivity index (χ0n) is 17.2. The van der Waals surface area contributed by atoms with Crippen LogP contribution in [0, 0.1) is 0 Å². The van der Waals surface area contributed by atoms with E-state index in [-0.39, 0.29) is 22.9 Å². The van der Waals surface area contributed by atoms with Crippen LogP contribution in [0.2, 0.25) is 15.1 Å². The number of hydrogen-bond donors (Lipinski definition) is 1. The van der Waals surface area contributed by atoms with Gasteiger partial charge in [-0.05, 0) is 54.1 Å². The van der Waals surface area contributed by atoms with Crippen LogP contribution in [-0.4, -0.2) is 31.8 Å². The molecule has 7 nitrogen and oxygen atoms in total. The third-order valence-corrected chi connectivity index (χ3v) is 5.00. The smallest absolute Gasteiger partial charge is 0.345 e. The number of nitrogens with one attached hydrogen (secondary N) is 1. The molecule has 0 saturated carbocycles. The molecule has 0 atom stereocenters. The number of hydrogen-bond acceptors (Lipinski definition) is 6. The number of carbonyl (C=O) groups excluding carboxylic acids is 2. The summed E-state index contributed by atoms with van der Waals surface area (Å²) in [7, 11) is 1.43. The molecule has 3 rings (SSSR count). The summed E-state index contributed by atoms with van der Waals surface area (Å²) in [6, 6.07) is 16.0. The zero-order valence-corrected chi connectivity index (χ0v) is 19.4. The maximum absolute atomic E-state index is 12.4. The molecule has 0 aliphatic heterocycles. The summed E-state index contributed by atoms with van der Waals surface area (Å²) in [5, 5.41) is 4.91. The lowest BCUT2D eigenvalue weighted by atomic mass is 10.2. The molecule has 33 heavy (non-hydrogen) atoms. The Bertz CT molecular complexity index is 1200. The Morgan fingerprint density at radius 3 is 2.42 bits per heavy atom. The molecule has 1 amide bonds. The first kappa shape index (κ1) is 24.4. The molecule has 0 saturated heterocycles. The van der Waals surface area contributed by atoms with Crippen molar-refractivity contribution in [2.75, 3.05) is 13.7 Å². The number of hydrazone groups is 1. The lowest BCUT2D eigenvalue weighted by Crippen LogP contribution is -2.24. The number of rotatable bonds is 8. The summed E-state index contributed by atoms with van der Waals surface area (Å²) < 4.78 is 16.0. The first-order chi connectivity index (χ1) is 15.9. The third kappa shape index (κ3) is 6.86. The minimum absolute atomic E-state index is 0.205. The number of carbonyl (C=O) groups is 2. The van der Waals surface area contributed by atoms with E-state index >= 15 is 0 Å². The van der Waals surface area contributed by atoms with Crippen molar-refractivity contribution in [1.29, 1.82) is 0 Å². The molecule has 0 aromatic heterocycles. The molecule has 0 bridgehead atoms. The number of amides is 1. The van der Waals surface area contributed by atoms with Crippen LogP contribution >= 0.6 is 34.8 Å². The van der Waals surface area contributed by atoms with Crippen molar-refractivity contribution >= 4 is 52.9 Å². The van der Waals surface area contributed by atoms with Gasteiger partial charge >= 0.3 is 5.97 Å². The molecule has 0 aliphatic carbocycles. The van der Waals surface area contributed by atoms with Crippen LogP contribution in [-0.2, 0) is 4.79 Å². The molecule has 10 heteroatoms. The molecular weight excluding hydrogens is 491 g/mol. The summed E-state index contributed by atoms with van der Waals surface area (Å²) >= 11 is 17.8. The molecular formula is C23H17Cl3N2O5. The average Bonchev–Trinajstić information content (AvgIpc) is 2.79. The average molecular weight is 508 g/mol. The predicted molar refractivity (Wildman–Crippen MR) is 127 cm³/mol. The fraction of sp³-hybridized carbons (Fsp3) is 0.0870. The second-order valence-corrected chi connectivity index (χ2v) is 7.69. The highest BCUT2D eigenvalue weighted by molar-refractivity contribution is 6.35. The number of esters is 1. The topological polar surface area (TPSA) is 86.2 Å². The Hall–Kier alpha value is -3.26. The second kappa shape index (κ2) is 11.6. The molecule has 0 fully saturated rings. The Balaban J connectivity index is 1.58. The maximum Gasteiger partial charge on any atom is 0.345 e. The standard InChI is InChI=1S/C23H17Cl3N2O5/c1-31-21-10-14(6-8-20(21)33-23(30)16-4-2-3-5-17(16)25)12-27-28-22(29)13-32-19-9-7-15(24)11-18(19)26/h2-12H,13H2,1H3,(H,28,29)/b27-12-. The van der Waals surface area contributed by atoms with E-state index in [1.807, 2.05) is 0 Å². The van der Waals surface area contributed by atoms with Gasteiger partial charge in [-0.15, -0.1) is 0 Å². The second-order valence-electron chi connectivity index (χ2n) is 6.44. The van der Waals surface area contributed by atoms with Crippen LogP contribution in [0.1, 0.15) is 15.9 Å². The first-order valence-corrected chi connectivity index (χ1v) is 10.5. The van der Waals surface area contributed by atoms with Crippen molar-refractivity contribution in [2.45, 2.75) is 0 Å². The highest BCUT2D eigenvalue weighted by Crippen LogP contribution is 2.29. The summed E-state index contributed by atoms with van der Waals surface area (Å²) in [5.41, 5.74) is 3.16. The van der Waals surface area contributed by atoms with Gasteiger partial charge in [-0.25, -0.2) is 10.2 Å². The highest BCUT2D eigenvalue weighted by atomic mass is 35.5. The molecule has 0 radical (unpaired) electrons. The van der Waals surface area contributed by atoms with Gasteiger partial charge in [0, 0.05) is 5.02 Å². The van der Waals surface area contributed by atoms with E-state index in [1.54, 1.807) is 54.6 Å². The number of halogens is 3. The van der Waals surface area contributed by atoms with Crippen LogP contribution in [0.25, 0.3) is 0 Å². The van der Waals surface area contributed by atoms with E-state index in [1.165, 1.54) is 19.4 Å². The monoisotopic (exact) mass is 506 g/mol. The largest absolute Gasteiger partial charge is 0.493 e. The third-order valence-electron chi connectivity index (χ3n) is 4.14. The van der Waals surface area contributed by atoms with Crippen molar-refractivity contribution in [2.24, 2.45) is 5.10 Å². The van der Waals surface area contributed by atoms with Crippen molar-refractivity contribution in [3.05, 3.63) is 86.9 Å². The summed E-state index contributed by atoms with van der Waals surface area (Å²) in [6.45, 7) is -0.293. The maximum atomic E-state index is 12.4. The van der Waals surface area contributed by atoms with Gasteiger partial charge in [0.1, 0.15) is 5.75 Å². The van der Waals surface area contributed by atoms with E-state index in [4.69, 9.17) is 49.0 Å². The minimum Gasteiger partial charge on any atom is -0.493 e. The van der Waals surface area contributed by atoms with Gasteiger partial charge in [-0.1, -0.05) is 46.9 Å². The summed E-state index contributed by atoms with van der Waals surface area (Å²) in [5.74, 6) is -0.280. The van der Waals surface area contributed by atoms with E-state index in [2.05, 4.69) is 10.5 Å². The first-order valence-electron chi connectivity index (χ1n) is 9.42. The Labute approximate surface area is 204 Å². The van der Waals surface area contributed by atoms with Crippen LogP contribution in [0.15, 0.2) is 65.8 Å². The van der Waals surface area contributed by atoms with Gasteiger partial charge in [-0.3, -0.25) is 4.79 Å². The van der Waals surface area contributed by atoms with Gasteiger partial charge in [0.25, 0.3) is 5.91 Å². The van der Waals surface area contributed by atoms with Crippen molar-refractivity contribution in [3.63, 3.8) is 0 Å². The Kier molecular flexibility index (Phi) is 8.54. The lowest BCUT2D eigenvalue weighted by molar-refractivity contribution is -0.123. The lowest BCUT2D eigenvalue weighted by Gasteiger charge is -2.10. The van der Waals surface area contributed by atoms with Gasteiger partial charge in [0.15, 0.2) is 18.1 Å². The number of ether oxygens (including phenoxy) is 3. The van der Waals surface area contributed by atoms with Gasteiger partial charge in [0.05, 0.1) is 28.9 Å². The van der Waals surface area contributed by atoms with Gasteiger partial charge in [-0.2, -0.15) is 5.10 Å². The van der Waals surface area contributed by atoms with E-state index in [0.717, 1.165) is 0 Å². The SMILES string of the molecule is COc1cc(/C=N\NC(=O)COc2ccc(Cl)cc2Cl)ccc1OC(=O)c1ccccc1Cl. The van der Waals surface area contributed by atoms with Crippen LogP contribution in [0.3, 0.4) is 0 Å².